The van der Waals surface area contributed by atoms with E-state index in [1.54, 1.807) is 18.3 Å². The summed E-state index contributed by atoms with van der Waals surface area (Å²) in [5.74, 6) is -2.57. The van der Waals surface area contributed by atoms with Crippen LogP contribution in [0.5, 0.6) is 0 Å². The maximum Gasteiger partial charge on any atom is 0.255 e. The molecule has 160 valence electrons. The normalized spacial score (nSPS) is 12.9. The number of nitrogens with zero attached hydrogens (tertiary/aromatic N) is 2. The number of fused-ring (bicyclic) bond motifs is 3. The number of carbonyl (C=O) groups excluding carboxylic acids is 1. The number of aromatic nitrogens is 2. The minimum atomic E-state index is -1.06. The van der Waals surface area contributed by atoms with Crippen LogP contribution in [0.2, 0.25) is 0 Å². The molecular formula is C24H19F2N5O. The first kappa shape index (κ1) is 20.0. The van der Waals surface area contributed by atoms with Crippen LogP contribution in [-0.4, -0.2) is 22.4 Å². The molecule has 3 N–H and O–H groups in total. The molecule has 0 saturated heterocycles. The van der Waals surface area contributed by atoms with E-state index >= 15 is 0 Å². The fourth-order valence-corrected chi connectivity index (χ4v) is 3.84. The fraction of sp³-hybridized carbons (Fsp3) is 0.125. The van der Waals surface area contributed by atoms with E-state index in [1.165, 1.54) is 17.2 Å². The second kappa shape index (κ2) is 8.32. The van der Waals surface area contributed by atoms with Gasteiger partial charge in [-0.15, -0.1) is 0 Å². The third-order valence-corrected chi connectivity index (χ3v) is 5.43. The van der Waals surface area contributed by atoms with Gasteiger partial charge in [-0.2, -0.15) is 0 Å². The lowest BCUT2D eigenvalue weighted by Gasteiger charge is -2.20. The Kier molecular flexibility index (Phi) is 5.20. The molecule has 1 aliphatic rings. The minimum absolute atomic E-state index is 0.0427. The molecule has 4 aromatic rings. The van der Waals surface area contributed by atoms with Crippen LogP contribution >= 0.6 is 0 Å². The number of nitrogens with one attached hydrogen (secondary N) is 3. The van der Waals surface area contributed by atoms with Gasteiger partial charge in [-0.3, -0.25) is 4.79 Å². The summed E-state index contributed by atoms with van der Waals surface area (Å²) >= 11 is 0. The molecule has 32 heavy (non-hydrogen) atoms. The van der Waals surface area contributed by atoms with E-state index in [9.17, 15) is 13.6 Å². The number of halogens is 2. The molecule has 8 heteroatoms. The van der Waals surface area contributed by atoms with Crippen molar-refractivity contribution in [3.63, 3.8) is 0 Å². The van der Waals surface area contributed by atoms with E-state index < -0.39 is 17.5 Å². The van der Waals surface area contributed by atoms with E-state index in [4.69, 9.17) is 0 Å². The Hall–Kier alpha value is -3.91. The van der Waals surface area contributed by atoms with Gasteiger partial charge in [0.15, 0.2) is 17.3 Å². The van der Waals surface area contributed by atoms with Gasteiger partial charge in [-0.05, 0) is 72.6 Å². The molecule has 0 saturated carbocycles. The van der Waals surface area contributed by atoms with Gasteiger partial charge in [-0.25, -0.2) is 18.7 Å². The van der Waals surface area contributed by atoms with Crippen molar-refractivity contribution < 1.29 is 13.6 Å². The number of hydrogen-bond acceptors (Lipinski definition) is 5. The van der Waals surface area contributed by atoms with Crippen LogP contribution in [0.4, 0.5) is 25.8 Å². The molecule has 0 aliphatic carbocycles. The van der Waals surface area contributed by atoms with E-state index in [-0.39, 0.29) is 5.56 Å². The van der Waals surface area contributed by atoms with Gasteiger partial charge in [0.2, 0.25) is 0 Å². The largest absolute Gasteiger partial charge is 0.355 e. The Labute approximate surface area is 182 Å². The van der Waals surface area contributed by atoms with Crippen LogP contribution in [0, 0.1) is 11.6 Å². The first-order chi connectivity index (χ1) is 15.6. The maximum atomic E-state index is 13.4. The van der Waals surface area contributed by atoms with E-state index in [1.807, 2.05) is 24.4 Å². The summed E-state index contributed by atoms with van der Waals surface area (Å²) in [5, 5.41) is 10.5. The zero-order chi connectivity index (χ0) is 22.1. The van der Waals surface area contributed by atoms with Crippen molar-refractivity contribution in [2.45, 2.75) is 13.0 Å². The third-order valence-electron chi connectivity index (χ3n) is 5.43. The zero-order valence-corrected chi connectivity index (χ0v) is 17.0. The molecule has 0 fully saturated rings. The van der Waals surface area contributed by atoms with Crippen molar-refractivity contribution in [3.05, 3.63) is 89.2 Å². The first-order valence-corrected chi connectivity index (χ1v) is 10.2. The van der Waals surface area contributed by atoms with Gasteiger partial charge >= 0.3 is 0 Å². The molecule has 2 aromatic carbocycles. The molecule has 1 aliphatic heterocycles. The summed E-state index contributed by atoms with van der Waals surface area (Å²) in [6.45, 7) is 1.70. The first-order valence-electron chi connectivity index (χ1n) is 10.2. The summed E-state index contributed by atoms with van der Waals surface area (Å²) in [6.07, 6.45) is 4.51. The van der Waals surface area contributed by atoms with Crippen LogP contribution in [0.3, 0.4) is 0 Å². The van der Waals surface area contributed by atoms with E-state index in [2.05, 4.69) is 25.9 Å². The molecule has 0 bridgehead atoms. The average molecular weight is 431 g/mol. The molecule has 3 heterocycles. The second-order valence-electron chi connectivity index (χ2n) is 7.53. The van der Waals surface area contributed by atoms with Crippen LogP contribution in [0.15, 0.2) is 60.9 Å². The topological polar surface area (TPSA) is 78.9 Å². The van der Waals surface area contributed by atoms with E-state index in [0.717, 1.165) is 48.4 Å². The predicted octanol–water partition coefficient (Wildman–Crippen LogP) is 4.55. The van der Waals surface area contributed by atoms with Crippen molar-refractivity contribution in [1.29, 1.82) is 0 Å². The summed E-state index contributed by atoms with van der Waals surface area (Å²) in [7, 11) is 0. The van der Waals surface area contributed by atoms with Gasteiger partial charge in [0.05, 0.1) is 5.69 Å². The molecular weight excluding hydrogens is 412 g/mol. The highest BCUT2D eigenvalue weighted by atomic mass is 19.2. The lowest BCUT2D eigenvalue weighted by atomic mass is 9.98. The molecule has 0 atom stereocenters. The van der Waals surface area contributed by atoms with Crippen molar-refractivity contribution in [3.8, 4) is 0 Å². The van der Waals surface area contributed by atoms with Crippen molar-refractivity contribution in [2.75, 3.05) is 17.2 Å². The average Bonchev–Trinajstić information content (AvgIpc) is 2.82. The van der Waals surface area contributed by atoms with Crippen LogP contribution < -0.4 is 16.0 Å². The molecule has 1 amide bonds. The van der Waals surface area contributed by atoms with Gasteiger partial charge in [0.25, 0.3) is 5.91 Å². The molecule has 0 spiro atoms. The number of rotatable bonds is 4. The van der Waals surface area contributed by atoms with Gasteiger partial charge < -0.3 is 16.0 Å². The molecule has 0 radical (unpaired) electrons. The third kappa shape index (κ3) is 3.88. The molecule has 5 rings (SSSR count). The Bertz CT molecular complexity index is 1320. The zero-order valence-electron chi connectivity index (χ0n) is 17.0. The standard InChI is InChI=1S/C24H19F2N5O/c25-19-6-1-14(11-20(19)26)24(32)31-17-4-2-16(3-5-17)30-21-8-10-28-23-22(21)18-7-9-27-12-15(18)13-29-23/h1-6,8,10-11,13,27H,7,9,12H2,(H,31,32)(H,28,29,30). The smallest absolute Gasteiger partial charge is 0.255 e. The van der Waals surface area contributed by atoms with Gasteiger partial charge in [-0.1, -0.05) is 0 Å². The minimum Gasteiger partial charge on any atom is -0.355 e. The number of carbonyl (C=O) groups is 1. The number of benzene rings is 2. The monoisotopic (exact) mass is 431 g/mol. The summed E-state index contributed by atoms with van der Waals surface area (Å²) in [4.78, 5) is 21.2. The van der Waals surface area contributed by atoms with Crippen molar-refractivity contribution in [2.24, 2.45) is 0 Å². The highest BCUT2D eigenvalue weighted by molar-refractivity contribution is 6.04. The molecule has 6 nitrogen and oxygen atoms in total. The summed E-state index contributed by atoms with van der Waals surface area (Å²) < 4.78 is 26.5. The highest BCUT2D eigenvalue weighted by Gasteiger charge is 2.16. The fourth-order valence-electron chi connectivity index (χ4n) is 3.84. The SMILES string of the molecule is O=C(Nc1ccc(Nc2ccnc3ncc4c(c23)CCNC4)cc1)c1ccc(F)c(F)c1. The van der Waals surface area contributed by atoms with Crippen LogP contribution in [0.1, 0.15) is 21.5 Å². The summed E-state index contributed by atoms with van der Waals surface area (Å²) in [5.41, 5.74) is 5.45. The van der Waals surface area contributed by atoms with Crippen LogP contribution in [-0.2, 0) is 13.0 Å². The van der Waals surface area contributed by atoms with Crippen LogP contribution in [0.25, 0.3) is 11.0 Å². The Balaban J connectivity index is 1.37. The number of anilines is 3. The van der Waals surface area contributed by atoms with Crippen molar-refractivity contribution >= 4 is 34.0 Å². The van der Waals surface area contributed by atoms with E-state index in [0.29, 0.717) is 11.3 Å². The number of pyridine rings is 2. The lowest BCUT2D eigenvalue weighted by molar-refractivity contribution is 0.102. The Morgan fingerprint density at radius 2 is 1.78 bits per heavy atom. The Morgan fingerprint density at radius 3 is 2.59 bits per heavy atom. The molecule has 0 unspecified atom stereocenters. The van der Waals surface area contributed by atoms with Gasteiger partial charge in [0.1, 0.15) is 0 Å². The number of hydrogen-bond donors (Lipinski definition) is 3. The highest BCUT2D eigenvalue weighted by Crippen LogP contribution is 2.31. The van der Waals surface area contributed by atoms with Crippen molar-refractivity contribution in [1.82, 2.24) is 15.3 Å². The quantitative estimate of drug-likeness (QED) is 0.442. The second-order valence-corrected chi connectivity index (χ2v) is 7.53. The predicted molar refractivity (Wildman–Crippen MR) is 119 cm³/mol. The number of amides is 1. The summed E-state index contributed by atoms with van der Waals surface area (Å²) in [6, 6.07) is 12.1. The van der Waals surface area contributed by atoms with Gasteiger partial charge in [0, 0.05) is 41.3 Å². The molecule has 2 aromatic heterocycles. The maximum absolute atomic E-state index is 13.4. The lowest BCUT2D eigenvalue weighted by Crippen LogP contribution is -2.24. The Morgan fingerprint density at radius 1 is 0.969 bits per heavy atom.